The van der Waals surface area contributed by atoms with Gasteiger partial charge in [0.2, 0.25) is 0 Å². The van der Waals surface area contributed by atoms with Crippen LogP contribution in [0.25, 0.3) is 17.5 Å². The molecule has 3 aromatic heterocycles. The maximum absolute atomic E-state index is 13.2. The van der Waals surface area contributed by atoms with Gasteiger partial charge < -0.3 is 24.0 Å². The minimum Gasteiger partial charge on any atom is -0.468 e. The first-order chi connectivity index (χ1) is 15.0. The summed E-state index contributed by atoms with van der Waals surface area (Å²) >= 11 is 1.04. The minimum atomic E-state index is -1.00. The summed E-state index contributed by atoms with van der Waals surface area (Å²) in [6, 6.07) is 6.60. The van der Waals surface area contributed by atoms with Crippen molar-refractivity contribution < 1.29 is 27.9 Å². The number of aromatic nitrogens is 1. The van der Waals surface area contributed by atoms with Gasteiger partial charge in [0.05, 0.1) is 47.8 Å². The number of carbonyl (C=O) groups excluding carboxylic acids is 2. The average Bonchev–Trinajstić information content (AvgIpc) is 3.50. The lowest BCUT2D eigenvalue weighted by molar-refractivity contribution is -0.136. The molecule has 0 bridgehead atoms. The Labute approximate surface area is 179 Å². The number of nitrogens with zero attached hydrogens (tertiary/aromatic N) is 1. The van der Waals surface area contributed by atoms with Crippen molar-refractivity contribution in [2.45, 2.75) is 12.8 Å². The third kappa shape index (κ3) is 3.40. The normalized spacial score (nSPS) is 16.4. The summed E-state index contributed by atoms with van der Waals surface area (Å²) in [6.45, 7) is 1.76. The van der Waals surface area contributed by atoms with E-state index in [2.05, 4.69) is 0 Å². The predicted octanol–water partition coefficient (Wildman–Crippen LogP) is 0.736. The van der Waals surface area contributed by atoms with Crippen LogP contribution in [0.3, 0.4) is 0 Å². The number of fused-ring (bicyclic) bond motifs is 1. The van der Waals surface area contributed by atoms with Gasteiger partial charge in [-0.15, -0.1) is 11.3 Å². The van der Waals surface area contributed by atoms with Gasteiger partial charge in [-0.1, -0.05) is 0 Å². The third-order valence-electron chi connectivity index (χ3n) is 4.69. The van der Waals surface area contributed by atoms with Crippen LogP contribution in [0.1, 0.15) is 24.4 Å². The molecule has 0 spiro atoms. The maximum Gasteiger partial charge on any atom is 0.338 e. The van der Waals surface area contributed by atoms with Crippen molar-refractivity contribution >= 4 is 40.7 Å². The molecule has 4 rings (SSSR count). The highest BCUT2D eigenvalue weighted by Crippen LogP contribution is 2.37. The van der Waals surface area contributed by atoms with Gasteiger partial charge >= 0.3 is 11.9 Å². The molecule has 0 aromatic carbocycles. The highest BCUT2D eigenvalue weighted by Gasteiger charge is 2.41. The minimum absolute atomic E-state index is 0.0626. The van der Waals surface area contributed by atoms with E-state index >= 15 is 0 Å². The molecular weight excluding hydrogens is 424 g/mol. The van der Waals surface area contributed by atoms with Crippen molar-refractivity contribution in [3.8, 4) is 0 Å². The van der Waals surface area contributed by atoms with E-state index in [9.17, 15) is 14.4 Å². The first-order valence-electron chi connectivity index (χ1n) is 9.28. The second-order valence-corrected chi connectivity index (χ2v) is 7.48. The Bertz CT molecular complexity index is 1340. The fraction of sp³-hybridized carbons (Fsp3) is 0.190. The number of hydrogen-bond acceptors (Lipinski definition) is 9. The lowest BCUT2D eigenvalue weighted by Crippen LogP contribution is -2.41. The summed E-state index contributed by atoms with van der Waals surface area (Å²) in [5.74, 6) is -1.90. The van der Waals surface area contributed by atoms with E-state index in [1.54, 1.807) is 31.2 Å². The van der Waals surface area contributed by atoms with Gasteiger partial charge in [-0.05, 0) is 31.2 Å². The Hall–Kier alpha value is -3.79. The molecule has 0 amide bonds. The van der Waals surface area contributed by atoms with Crippen LogP contribution < -0.4 is 20.5 Å². The van der Waals surface area contributed by atoms with Gasteiger partial charge in [-0.25, -0.2) is 9.59 Å². The van der Waals surface area contributed by atoms with Gasteiger partial charge in [0.1, 0.15) is 22.0 Å². The standard InChI is InChI=1S/C21H18N2O7S/c1-3-28-21(26)16-14(12-7-5-9-30-12)15(20(25)27-2)17(22)23-18(24)13(31-19(16)23)10-11-6-4-8-29-11/h4-10,14H,3,22H2,1-2H3/b13-10+/t14-/m1/s1. The van der Waals surface area contributed by atoms with E-state index in [0.717, 1.165) is 15.9 Å². The Morgan fingerprint density at radius 3 is 2.55 bits per heavy atom. The molecule has 31 heavy (non-hydrogen) atoms. The Balaban J connectivity index is 2.13. The first kappa shape index (κ1) is 20.5. The summed E-state index contributed by atoms with van der Waals surface area (Å²) in [7, 11) is 1.19. The lowest BCUT2D eigenvalue weighted by atomic mass is 9.87. The number of ether oxygens (including phenoxy) is 2. The molecule has 160 valence electrons. The molecule has 0 saturated carbocycles. The summed E-state index contributed by atoms with van der Waals surface area (Å²) < 4.78 is 22.6. The van der Waals surface area contributed by atoms with Gasteiger partial charge in [-0.3, -0.25) is 9.36 Å². The van der Waals surface area contributed by atoms with E-state index in [1.165, 1.54) is 25.7 Å². The zero-order valence-electron chi connectivity index (χ0n) is 16.6. The second kappa shape index (κ2) is 8.15. The largest absolute Gasteiger partial charge is 0.468 e. The number of furan rings is 2. The molecule has 0 radical (unpaired) electrons. The summed E-state index contributed by atoms with van der Waals surface area (Å²) in [6.07, 6.45) is 4.42. The monoisotopic (exact) mass is 442 g/mol. The fourth-order valence-corrected chi connectivity index (χ4v) is 4.55. The summed E-state index contributed by atoms with van der Waals surface area (Å²) in [4.78, 5) is 38.9. The van der Waals surface area contributed by atoms with E-state index in [4.69, 9.17) is 24.0 Å². The van der Waals surface area contributed by atoms with Gasteiger partial charge in [-0.2, -0.15) is 0 Å². The van der Waals surface area contributed by atoms with E-state index in [0.29, 0.717) is 5.76 Å². The number of rotatable bonds is 5. The van der Waals surface area contributed by atoms with Crippen molar-refractivity contribution in [2.24, 2.45) is 5.73 Å². The molecule has 1 atom stereocenters. The number of nitrogens with two attached hydrogens (primary N) is 1. The summed E-state index contributed by atoms with van der Waals surface area (Å²) in [5, 5.41) is 0. The molecule has 9 nitrogen and oxygen atoms in total. The zero-order valence-corrected chi connectivity index (χ0v) is 17.4. The number of thiazole rings is 1. The molecule has 3 aromatic rings. The van der Waals surface area contributed by atoms with Crippen LogP contribution in [0, 0.1) is 0 Å². The van der Waals surface area contributed by atoms with Crippen molar-refractivity contribution in [1.82, 2.24) is 4.57 Å². The molecule has 0 fully saturated rings. The zero-order chi connectivity index (χ0) is 22.1. The smallest absolute Gasteiger partial charge is 0.338 e. The van der Waals surface area contributed by atoms with Crippen LogP contribution in [0.2, 0.25) is 0 Å². The summed E-state index contributed by atoms with van der Waals surface area (Å²) in [5.41, 5.74) is 5.76. The first-order valence-corrected chi connectivity index (χ1v) is 10.1. The highest BCUT2D eigenvalue weighted by atomic mass is 32.1. The molecule has 2 N–H and O–H groups in total. The van der Waals surface area contributed by atoms with Gasteiger partial charge in [0.15, 0.2) is 0 Å². The van der Waals surface area contributed by atoms with E-state index in [1.807, 2.05) is 0 Å². The molecule has 0 aliphatic carbocycles. The van der Waals surface area contributed by atoms with Gasteiger partial charge in [0.25, 0.3) is 5.56 Å². The molecule has 1 aliphatic heterocycles. The lowest BCUT2D eigenvalue weighted by Gasteiger charge is -2.24. The van der Waals surface area contributed by atoms with Crippen LogP contribution in [-0.2, 0) is 19.1 Å². The molecule has 0 unspecified atom stereocenters. The Morgan fingerprint density at radius 2 is 1.94 bits per heavy atom. The number of hydrogen-bond donors (Lipinski definition) is 1. The maximum atomic E-state index is 13.2. The third-order valence-corrected chi connectivity index (χ3v) is 5.80. The number of methoxy groups -OCH3 is 1. The SMILES string of the molecule is CCOC(=O)C1=c2s/c(=C/c3ccco3)c(=O)n2C(N)=C(C(=O)OC)[C@H]1c1ccco1. The van der Waals surface area contributed by atoms with Gasteiger partial charge in [0, 0.05) is 6.08 Å². The van der Waals surface area contributed by atoms with Crippen LogP contribution in [0.15, 0.2) is 56.0 Å². The average molecular weight is 442 g/mol. The fourth-order valence-electron chi connectivity index (χ4n) is 3.41. The molecular formula is C21H18N2O7S. The Kier molecular flexibility index (Phi) is 5.38. The van der Waals surface area contributed by atoms with Crippen molar-refractivity contribution in [3.05, 3.63) is 73.4 Å². The van der Waals surface area contributed by atoms with E-state index in [-0.39, 0.29) is 38.5 Å². The van der Waals surface area contributed by atoms with Crippen LogP contribution in [0.5, 0.6) is 0 Å². The highest BCUT2D eigenvalue weighted by molar-refractivity contribution is 7.07. The van der Waals surface area contributed by atoms with Crippen molar-refractivity contribution in [1.29, 1.82) is 0 Å². The Morgan fingerprint density at radius 1 is 1.19 bits per heavy atom. The number of carbonyl (C=O) groups is 2. The van der Waals surface area contributed by atoms with Crippen molar-refractivity contribution in [2.75, 3.05) is 13.7 Å². The predicted molar refractivity (Wildman–Crippen MR) is 111 cm³/mol. The topological polar surface area (TPSA) is 127 Å². The van der Waals surface area contributed by atoms with Crippen LogP contribution in [-0.4, -0.2) is 30.2 Å². The van der Waals surface area contributed by atoms with Crippen LogP contribution in [0.4, 0.5) is 0 Å². The quantitative estimate of drug-likeness (QED) is 0.573. The number of esters is 2. The van der Waals surface area contributed by atoms with E-state index < -0.39 is 23.4 Å². The molecule has 0 saturated heterocycles. The molecule has 4 heterocycles. The van der Waals surface area contributed by atoms with Crippen molar-refractivity contribution in [3.63, 3.8) is 0 Å². The van der Waals surface area contributed by atoms with Crippen LogP contribution >= 0.6 is 11.3 Å². The second-order valence-electron chi connectivity index (χ2n) is 6.44. The molecule has 1 aliphatic rings. The molecule has 10 heteroatoms.